The molecule has 1 heterocycles. The Labute approximate surface area is 138 Å². The van der Waals surface area contributed by atoms with Crippen LogP contribution in [-0.4, -0.2) is 34.3 Å². The average Bonchev–Trinajstić information content (AvgIpc) is 2.61. The Bertz CT molecular complexity index is 783. The van der Waals surface area contributed by atoms with E-state index in [1.807, 2.05) is 0 Å². The molecule has 0 aromatic heterocycles. The smallest absolute Gasteiger partial charge is 0.163 e. The van der Waals surface area contributed by atoms with Crippen LogP contribution < -0.4 is 9.47 Å². The fourth-order valence-corrected chi connectivity index (χ4v) is 2.54. The summed E-state index contributed by atoms with van der Waals surface area (Å²) in [5.41, 5.74) is 1.32. The summed E-state index contributed by atoms with van der Waals surface area (Å²) in [7, 11) is 0. The molecule has 0 aliphatic carbocycles. The normalized spacial score (nSPS) is 19.4. The van der Waals surface area contributed by atoms with Gasteiger partial charge in [-0.1, -0.05) is 18.2 Å². The van der Waals surface area contributed by atoms with Crippen molar-refractivity contribution in [2.24, 2.45) is 0 Å². The van der Waals surface area contributed by atoms with Gasteiger partial charge in [0.2, 0.25) is 0 Å². The lowest BCUT2D eigenvalue weighted by atomic mass is 10.0. The first kappa shape index (κ1) is 15.9. The summed E-state index contributed by atoms with van der Waals surface area (Å²) < 4.78 is 11.7. The Balaban J connectivity index is 1.95. The van der Waals surface area contributed by atoms with Crippen LogP contribution in [0.1, 0.15) is 17.2 Å². The van der Waals surface area contributed by atoms with Gasteiger partial charge < -0.3 is 24.8 Å². The third-order valence-electron chi connectivity index (χ3n) is 3.71. The van der Waals surface area contributed by atoms with Crippen molar-refractivity contribution in [2.75, 3.05) is 6.61 Å². The molecule has 2 aromatic rings. The minimum atomic E-state index is -0.655. The van der Waals surface area contributed by atoms with Gasteiger partial charge in [0.15, 0.2) is 35.2 Å². The number of carbonyl (C=O) groups is 1. The molecule has 0 unspecified atom stereocenters. The van der Waals surface area contributed by atoms with Crippen molar-refractivity contribution >= 4 is 12.4 Å². The fourth-order valence-electron chi connectivity index (χ4n) is 2.54. The van der Waals surface area contributed by atoms with E-state index in [2.05, 4.69) is 0 Å². The second kappa shape index (κ2) is 6.64. The van der Waals surface area contributed by atoms with Crippen LogP contribution in [0.25, 0.3) is 6.08 Å². The summed E-state index contributed by atoms with van der Waals surface area (Å²) in [6, 6.07) is 9.49. The number of phenolic OH excluding ortho intramolecular Hbond substituents is 2. The molecule has 1 aliphatic rings. The van der Waals surface area contributed by atoms with E-state index < -0.39 is 12.2 Å². The van der Waals surface area contributed by atoms with Crippen LogP contribution in [0.2, 0.25) is 0 Å². The molecular formula is C18H16O6. The Kier molecular flexibility index (Phi) is 4.39. The number of phenols is 2. The van der Waals surface area contributed by atoms with E-state index in [1.54, 1.807) is 30.3 Å². The number of hydrogen-bond donors (Lipinski definition) is 3. The van der Waals surface area contributed by atoms with Crippen molar-refractivity contribution < 1.29 is 29.6 Å². The first-order valence-corrected chi connectivity index (χ1v) is 7.34. The SMILES string of the molecule is O=CC=Cc1ccc2c(c1)O[C@H](c1ccc(O)c(O)c1)[C@@H](CO)O2. The van der Waals surface area contributed by atoms with E-state index in [1.165, 1.54) is 18.2 Å². The standard InChI is InChI=1S/C18H16O6/c19-7-1-2-11-3-6-15-16(8-11)24-18(17(10-20)23-15)12-4-5-13(21)14(22)9-12/h1-9,17-18,20-22H,10H2/t17-,18-/m1/s1. The summed E-state index contributed by atoms with van der Waals surface area (Å²) in [5.74, 6) is 0.431. The van der Waals surface area contributed by atoms with E-state index in [4.69, 9.17) is 9.47 Å². The molecule has 0 saturated heterocycles. The molecule has 124 valence electrons. The molecule has 0 radical (unpaired) electrons. The molecule has 0 fully saturated rings. The highest BCUT2D eigenvalue weighted by Gasteiger charge is 2.33. The Morgan fingerprint density at radius 3 is 2.54 bits per heavy atom. The summed E-state index contributed by atoms with van der Waals surface area (Å²) in [6.45, 7) is -0.279. The zero-order valence-electron chi connectivity index (χ0n) is 12.6. The second-order valence-corrected chi connectivity index (χ2v) is 5.33. The van der Waals surface area contributed by atoms with Gasteiger partial charge in [0, 0.05) is 5.56 Å². The van der Waals surface area contributed by atoms with Gasteiger partial charge in [-0.3, -0.25) is 4.79 Å². The number of allylic oxidation sites excluding steroid dienone is 1. The number of aromatic hydroxyl groups is 2. The maximum atomic E-state index is 10.4. The molecule has 2 aromatic carbocycles. The molecule has 1 aliphatic heterocycles. The molecule has 3 N–H and O–H groups in total. The fraction of sp³-hybridized carbons (Fsp3) is 0.167. The van der Waals surface area contributed by atoms with Crippen molar-refractivity contribution in [3.8, 4) is 23.0 Å². The predicted molar refractivity (Wildman–Crippen MR) is 86.2 cm³/mol. The van der Waals surface area contributed by atoms with E-state index in [-0.39, 0.29) is 18.1 Å². The largest absolute Gasteiger partial charge is 0.504 e. The van der Waals surface area contributed by atoms with Crippen molar-refractivity contribution in [1.82, 2.24) is 0 Å². The summed E-state index contributed by atoms with van der Waals surface area (Å²) in [4.78, 5) is 10.4. The number of aldehydes is 1. The number of hydrogen-bond acceptors (Lipinski definition) is 6. The number of carbonyl (C=O) groups excluding carboxylic acids is 1. The Morgan fingerprint density at radius 1 is 1.00 bits per heavy atom. The minimum absolute atomic E-state index is 0.238. The zero-order valence-corrected chi connectivity index (χ0v) is 12.6. The lowest BCUT2D eigenvalue weighted by molar-refractivity contribution is -0.104. The van der Waals surface area contributed by atoms with Gasteiger partial charge in [-0.25, -0.2) is 0 Å². The molecule has 2 atom stereocenters. The maximum Gasteiger partial charge on any atom is 0.163 e. The number of ether oxygens (including phenoxy) is 2. The molecule has 6 heteroatoms. The number of aliphatic hydroxyl groups is 1. The van der Waals surface area contributed by atoms with E-state index in [9.17, 15) is 20.1 Å². The zero-order chi connectivity index (χ0) is 17.1. The molecule has 24 heavy (non-hydrogen) atoms. The Hall–Kier alpha value is -2.99. The van der Waals surface area contributed by atoms with Crippen LogP contribution in [0.5, 0.6) is 23.0 Å². The van der Waals surface area contributed by atoms with Crippen LogP contribution in [0, 0.1) is 0 Å². The highest BCUT2D eigenvalue weighted by atomic mass is 16.6. The van der Waals surface area contributed by atoms with Crippen LogP contribution in [-0.2, 0) is 4.79 Å². The van der Waals surface area contributed by atoms with Crippen LogP contribution in [0.4, 0.5) is 0 Å². The van der Waals surface area contributed by atoms with Crippen LogP contribution >= 0.6 is 0 Å². The van der Waals surface area contributed by atoms with Gasteiger partial charge in [0.05, 0.1) is 6.61 Å². The molecule has 6 nitrogen and oxygen atoms in total. The van der Waals surface area contributed by atoms with Gasteiger partial charge >= 0.3 is 0 Å². The van der Waals surface area contributed by atoms with Crippen molar-refractivity contribution in [1.29, 1.82) is 0 Å². The van der Waals surface area contributed by atoms with E-state index in [0.717, 1.165) is 5.56 Å². The second-order valence-electron chi connectivity index (χ2n) is 5.33. The lowest BCUT2D eigenvalue weighted by Gasteiger charge is -2.33. The molecular weight excluding hydrogens is 312 g/mol. The molecule has 0 amide bonds. The maximum absolute atomic E-state index is 10.4. The highest BCUT2D eigenvalue weighted by Crippen LogP contribution is 2.41. The van der Waals surface area contributed by atoms with E-state index >= 15 is 0 Å². The molecule has 3 rings (SSSR count). The third kappa shape index (κ3) is 3.04. The van der Waals surface area contributed by atoms with Gasteiger partial charge in [-0.2, -0.15) is 0 Å². The predicted octanol–water partition coefficient (Wildman–Crippen LogP) is 2.18. The van der Waals surface area contributed by atoms with Crippen molar-refractivity contribution in [2.45, 2.75) is 12.2 Å². The van der Waals surface area contributed by atoms with Gasteiger partial charge in [0.25, 0.3) is 0 Å². The van der Waals surface area contributed by atoms with Gasteiger partial charge in [-0.15, -0.1) is 0 Å². The first-order valence-electron chi connectivity index (χ1n) is 7.34. The number of rotatable bonds is 4. The van der Waals surface area contributed by atoms with Crippen LogP contribution in [0.3, 0.4) is 0 Å². The van der Waals surface area contributed by atoms with Crippen molar-refractivity contribution in [3.05, 3.63) is 53.6 Å². The number of fused-ring (bicyclic) bond motifs is 1. The summed E-state index contributed by atoms with van der Waals surface area (Å²) in [6.07, 6.45) is 2.38. The number of benzene rings is 2. The quantitative estimate of drug-likeness (QED) is 0.452. The Morgan fingerprint density at radius 2 is 1.83 bits per heavy atom. The third-order valence-corrected chi connectivity index (χ3v) is 3.71. The monoisotopic (exact) mass is 328 g/mol. The topological polar surface area (TPSA) is 96.2 Å². The van der Waals surface area contributed by atoms with Crippen LogP contribution in [0.15, 0.2) is 42.5 Å². The molecule has 0 spiro atoms. The first-order chi connectivity index (χ1) is 11.6. The average molecular weight is 328 g/mol. The minimum Gasteiger partial charge on any atom is -0.504 e. The summed E-state index contributed by atoms with van der Waals surface area (Å²) >= 11 is 0. The highest BCUT2D eigenvalue weighted by molar-refractivity contribution is 5.74. The van der Waals surface area contributed by atoms with Gasteiger partial charge in [0.1, 0.15) is 6.29 Å². The van der Waals surface area contributed by atoms with Gasteiger partial charge in [-0.05, 0) is 35.9 Å². The molecule has 0 bridgehead atoms. The lowest BCUT2D eigenvalue weighted by Crippen LogP contribution is -2.36. The van der Waals surface area contributed by atoms with Crippen molar-refractivity contribution in [3.63, 3.8) is 0 Å². The summed E-state index contributed by atoms with van der Waals surface area (Å²) in [5, 5.41) is 28.7. The molecule has 0 saturated carbocycles. The number of aliphatic hydroxyl groups excluding tert-OH is 1. The van der Waals surface area contributed by atoms with E-state index in [0.29, 0.717) is 23.3 Å².